The van der Waals surface area contributed by atoms with Crippen LogP contribution < -0.4 is 4.90 Å². The van der Waals surface area contributed by atoms with Crippen LogP contribution in [-0.2, 0) is 0 Å². The van der Waals surface area contributed by atoms with Gasteiger partial charge in [-0.1, -0.05) is 13.0 Å². The summed E-state index contributed by atoms with van der Waals surface area (Å²) in [6, 6.07) is 4.42. The van der Waals surface area contributed by atoms with Crippen LogP contribution >= 0.6 is 0 Å². The Morgan fingerprint density at radius 1 is 1.50 bits per heavy atom. The summed E-state index contributed by atoms with van der Waals surface area (Å²) in [5.41, 5.74) is 0.928. The number of piperazine rings is 1. The van der Waals surface area contributed by atoms with Crippen LogP contribution in [0.2, 0.25) is 0 Å². The van der Waals surface area contributed by atoms with Crippen molar-refractivity contribution in [1.29, 1.82) is 0 Å². The lowest BCUT2D eigenvalue weighted by Crippen LogP contribution is -2.51. The Labute approximate surface area is 109 Å². The molecule has 1 aromatic heterocycles. The van der Waals surface area contributed by atoms with Crippen molar-refractivity contribution in [3.8, 4) is 0 Å². The Hall–Kier alpha value is -1.13. The number of pyridine rings is 1. The second-order valence-electron chi connectivity index (χ2n) is 5.08. The van der Waals surface area contributed by atoms with E-state index < -0.39 is 6.10 Å². The summed E-state index contributed by atoms with van der Waals surface area (Å²) < 4.78 is 0. The smallest absolute Gasteiger partial charge is 0.134 e. The number of anilines is 1. The first-order valence-corrected chi connectivity index (χ1v) is 6.71. The average Bonchev–Trinajstić information content (AvgIpc) is 2.39. The summed E-state index contributed by atoms with van der Waals surface area (Å²) in [5, 5.41) is 9.83. The van der Waals surface area contributed by atoms with Crippen LogP contribution in [0.25, 0.3) is 0 Å². The third-order valence-corrected chi connectivity index (χ3v) is 3.81. The molecule has 2 atom stereocenters. The van der Waals surface area contributed by atoms with Crippen molar-refractivity contribution in [1.82, 2.24) is 9.88 Å². The summed E-state index contributed by atoms with van der Waals surface area (Å²) in [6.07, 6.45) is 2.48. The second-order valence-corrected chi connectivity index (χ2v) is 5.08. The van der Waals surface area contributed by atoms with Gasteiger partial charge in [-0.2, -0.15) is 0 Å². The molecule has 0 radical (unpaired) electrons. The Morgan fingerprint density at radius 2 is 2.28 bits per heavy atom. The molecule has 4 heteroatoms. The molecule has 0 bridgehead atoms. The molecular formula is C14H23N3O. The Morgan fingerprint density at radius 3 is 2.94 bits per heavy atom. The maximum atomic E-state index is 9.83. The lowest BCUT2D eigenvalue weighted by Gasteiger charge is -2.40. The molecule has 0 aliphatic carbocycles. The average molecular weight is 249 g/mol. The van der Waals surface area contributed by atoms with Gasteiger partial charge in [0.2, 0.25) is 0 Å². The molecule has 18 heavy (non-hydrogen) atoms. The van der Waals surface area contributed by atoms with Gasteiger partial charge in [0.05, 0.1) is 6.10 Å². The third kappa shape index (κ3) is 2.65. The van der Waals surface area contributed by atoms with Crippen molar-refractivity contribution in [3.63, 3.8) is 0 Å². The molecule has 1 aromatic rings. The van der Waals surface area contributed by atoms with Crippen molar-refractivity contribution in [2.45, 2.75) is 32.4 Å². The maximum Gasteiger partial charge on any atom is 0.134 e. The summed E-state index contributed by atoms with van der Waals surface area (Å²) in [6.45, 7) is 7.04. The van der Waals surface area contributed by atoms with Crippen molar-refractivity contribution < 1.29 is 5.11 Å². The lowest BCUT2D eigenvalue weighted by molar-refractivity contribution is 0.195. The predicted octanol–water partition coefficient (Wildman–Crippen LogP) is 1.67. The molecule has 0 amide bonds. The van der Waals surface area contributed by atoms with Crippen LogP contribution in [0.15, 0.2) is 18.3 Å². The first-order valence-electron chi connectivity index (χ1n) is 6.71. The summed E-state index contributed by atoms with van der Waals surface area (Å²) in [7, 11) is 2.18. The van der Waals surface area contributed by atoms with E-state index in [2.05, 4.69) is 28.8 Å². The highest BCUT2D eigenvalue weighted by molar-refractivity contribution is 5.48. The van der Waals surface area contributed by atoms with E-state index in [9.17, 15) is 5.11 Å². The molecule has 0 saturated carbocycles. The molecule has 2 heterocycles. The largest absolute Gasteiger partial charge is 0.389 e. The molecular weight excluding hydrogens is 226 g/mol. The molecule has 100 valence electrons. The van der Waals surface area contributed by atoms with E-state index in [0.717, 1.165) is 37.4 Å². The van der Waals surface area contributed by atoms with Gasteiger partial charge < -0.3 is 10.0 Å². The standard InChI is InChI=1S/C14H23N3O/c1-4-12-10-17(9-8-16(12)3)14-13(11(2)18)6-5-7-15-14/h5-7,11-12,18H,4,8-10H2,1-3H3. The minimum absolute atomic E-state index is 0.464. The van der Waals surface area contributed by atoms with E-state index in [1.54, 1.807) is 13.1 Å². The number of rotatable bonds is 3. The minimum atomic E-state index is -0.464. The number of likely N-dealkylation sites (N-methyl/N-ethyl adjacent to an activating group) is 1. The molecule has 1 saturated heterocycles. The summed E-state index contributed by atoms with van der Waals surface area (Å²) in [4.78, 5) is 9.17. The van der Waals surface area contributed by atoms with Crippen LogP contribution in [0.4, 0.5) is 5.82 Å². The van der Waals surface area contributed by atoms with Gasteiger partial charge in [-0.15, -0.1) is 0 Å². The highest BCUT2D eigenvalue weighted by Gasteiger charge is 2.25. The first kappa shape index (κ1) is 13.3. The molecule has 1 N–H and O–H groups in total. The quantitative estimate of drug-likeness (QED) is 0.884. The highest BCUT2D eigenvalue weighted by Crippen LogP contribution is 2.25. The Balaban J connectivity index is 2.21. The highest BCUT2D eigenvalue weighted by atomic mass is 16.3. The monoisotopic (exact) mass is 249 g/mol. The lowest BCUT2D eigenvalue weighted by atomic mass is 10.1. The molecule has 2 rings (SSSR count). The molecule has 2 unspecified atom stereocenters. The molecule has 0 aromatic carbocycles. The molecule has 4 nitrogen and oxygen atoms in total. The fourth-order valence-electron chi connectivity index (χ4n) is 2.58. The van der Waals surface area contributed by atoms with Gasteiger partial charge in [-0.25, -0.2) is 4.98 Å². The van der Waals surface area contributed by atoms with Gasteiger partial charge >= 0.3 is 0 Å². The van der Waals surface area contributed by atoms with Crippen molar-refractivity contribution >= 4 is 5.82 Å². The van der Waals surface area contributed by atoms with Gasteiger partial charge in [0.1, 0.15) is 5.82 Å². The number of aliphatic hydroxyl groups is 1. The van der Waals surface area contributed by atoms with Gasteiger partial charge in [0.25, 0.3) is 0 Å². The minimum Gasteiger partial charge on any atom is -0.389 e. The van der Waals surface area contributed by atoms with Gasteiger partial charge in [0, 0.05) is 37.4 Å². The number of aliphatic hydroxyl groups excluding tert-OH is 1. The van der Waals surface area contributed by atoms with E-state index in [-0.39, 0.29) is 0 Å². The van der Waals surface area contributed by atoms with Gasteiger partial charge in [-0.05, 0) is 26.5 Å². The summed E-state index contributed by atoms with van der Waals surface area (Å²) in [5.74, 6) is 0.944. The molecule has 1 aliphatic heterocycles. The number of hydrogen-bond donors (Lipinski definition) is 1. The van der Waals surface area contributed by atoms with Crippen LogP contribution in [0.3, 0.4) is 0 Å². The van der Waals surface area contributed by atoms with E-state index in [1.165, 1.54) is 0 Å². The van der Waals surface area contributed by atoms with Crippen LogP contribution in [0, 0.1) is 0 Å². The maximum absolute atomic E-state index is 9.83. The zero-order valence-corrected chi connectivity index (χ0v) is 11.5. The predicted molar refractivity (Wildman–Crippen MR) is 73.8 cm³/mol. The normalized spacial score (nSPS) is 23.1. The first-order chi connectivity index (χ1) is 8.63. The summed E-state index contributed by atoms with van der Waals surface area (Å²) >= 11 is 0. The number of nitrogens with zero attached hydrogens (tertiary/aromatic N) is 3. The Kier molecular flexibility index (Phi) is 4.19. The van der Waals surface area contributed by atoms with Crippen LogP contribution in [0.5, 0.6) is 0 Å². The van der Waals surface area contributed by atoms with Gasteiger partial charge in [0.15, 0.2) is 0 Å². The fourth-order valence-corrected chi connectivity index (χ4v) is 2.58. The number of aromatic nitrogens is 1. The van der Waals surface area contributed by atoms with E-state index in [4.69, 9.17) is 0 Å². The topological polar surface area (TPSA) is 39.6 Å². The van der Waals surface area contributed by atoms with Gasteiger partial charge in [-0.3, -0.25) is 4.90 Å². The molecule has 1 fully saturated rings. The molecule has 0 spiro atoms. The number of hydrogen-bond acceptors (Lipinski definition) is 4. The van der Waals surface area contributed by atoms with E-state index in [1.807, 2.05) is 12.1 Å². The fraction of sp³-hybridized carbons (Fsp3) is 0.643. The second kappa shape index (κ2) is 5.67. The van der Waals surface area contributed by atoms with E-state index >= 15 is 0 Å². The zero-order chi connectivity index (χ0) is 13.1. The van der Waals surface area contributed by atoms with Crippen molar-refractivity contribution in [3.05, 3.63) is 23.9 Å². The van der Waals surface area contributed by atoms with E-state index in [0.29, 0.717) is 6.04 Å². The third-order valence-electron chi connectivity index (χ3n) is 3.81. The zero-order valence-electron chi connectivity index (χ0n) is 11.5. The van der Waals surface area contributed by atoms with Crippen molar-refractivity contribution in [2.24, 2.45) is 0 Å². The van der Waals surface area contributed by atoms with Crippen LogP contribution in [-0.4, -0.2) is 47.7 Å². The molecule has 1 aliphatic rings. The Bertz CT molecular complexity index is 394. The van der Waals surface area contributed by atoms with Crippen molar-refractivity contribution in [2.75, 3.05) is 31.6 Å². The van der Waals surface area contributed by atoms with Crippen LogP contribution in [0.1, 0.15) is 31.9 Å². The SMILES string of the molecule is CCC1CN(c2ncccc2C(C)O)CCN1C.